The third-order valence-corrected chi connectivity index (χ3v) is 2.58. The Morgan fingerprint density at radius 3 is 2.90 bits per heavy atom. The van der Waals surface area contributed by atoms with Gasteiger partial charge < -0.3 is 19.9 Å². The van der Waals surface area contributed by atoms with Gasteiger partial charge in [0.05, 0.1) is 17.0 Å². The number of cyclic esters (lactones) is 1. The number of carbonyl (C=O) groups excluding carboxylic acids is 1. The first kappa shape index (κ1) is 13.6. The summed E-state index contributed by atoms with van der Waals surface area (Å²) < 4.78 is 10.0. The average molecular weight is 282 g/mol. The summed E-state index contributed by atoms with van der Waals surface area (Å²) in [5, 5.41) is 22.1. The van der Waals surface area contributed by atoms with Crippen molar-refractivity contribution in [2.45, 2.75) is 6.10 Å². The molecule has 106 valence electrons. The molecule has 9 heteroatoms. The molecular formula is C11H10N2O7. The lowest BCUT2D eigenvalue weighted by molar-refractivity contribution is -0.385. The quantitative estimate of drug-likeness (QED) is 0.603. The Morgan fingerprint density at radius 2 is 2.35 bits per heavy atom. The molecule has 1 aliphatic rings. The van der Waals surface area contributed by atoms with Crippen LogP contribution in [0.3, 0.4) is 0 Å². The molecule has 1 aromatic rings. The Labute approximate surface area is 112 Å². The maximum Gasteiger partial charge on any atom is 0.407 e. The minimum atomic E-state index is -1.27. The number of rotatable bonds is 5. The number of alkyl carbamates (subject to hydrolysis) is 1. The summed E-state index contributed by atoms with van der Waals surface area (Å²) >= 11 is 0. The van der Waals surface area contributed by atoms with E-state index in [2.05, 4.69) is 5.32 Å². The molecule has 0 aliphatic carbocycles. The Balaban J connectivity index is 2.12. The van der Waals surface area contributed by atoms with Crippen LogP contribution in [-0.4, -0.2) is 41.3 Å². The van der Waals surface area contributed by atoms with Crippen molar-refractivity contribution in [3.63, 3.8) is 0 Å². The number of nitro groups is 1. The van der Waals surface area contributed by atoms with Gasteiger partial charge >= 0.3 is 17.7 Å². The van der Waals surface area contributed by atoms with Crippen molar-refractivity contribution < 1.29 is 29.1 Å². The lowest BCUT2D eigenvalue weighted by atomic mass is 10.2. The monoisotopic (exact) mass is 282 g/mol. The van der Waals surface area contributed by atoms with Crippen LogP contribution in [0.4, 0.5) is 10.5 Å². The molecule has 1 unspecified atom stereocenters. The Hall–Kier alpha value is -2.84. The number of carbonyl (C=O) groups is 2. The van der Waals surface area contributed by atoms with Crippen LogP contribution in [-0.2, 0) is 4.74 Å². The van der Waals surface area contributed by atoms with E-state index >= 15 is 0 Å². The van der Waals surface area contributed by atoms with E-state index in [0.29, 0.717) is 0 Å². The van der Waals surface area contributed by atoms with Crippen LogP contribution in [0.5, 0.6) is 5.75 Å². The molecule has 1 atom stereocenters. The van der Waals surface area contributed by atoms with Gasteiger partial charge in [-0.2, -0.15) is 0 Å². The van der Waals surface area contributed by atoms with Crippen molar-refractivity contribution in [2.24, 2.45) is 0 Å². The predicted octanol–water partition coefficient (Wildman–Crippen LogP) is 0.780. The normalized spacial score (nSPS) is 17.2. The maximum atomic E-state index is 10.9. The van der Waals surface area contributed by atoms with Gasteiger partial charge in [0.2, 0.25) is 0 Å². The molecule has 2 N–H and O–H groups in total. The number of hydrogen-bond donors (Lipinski definition) is 2. The fraction of sp³-hybridized carbons (Fsp3) is 0.273. The molecule has 0 radical (unpaired) electrons. The summed E-state index contributed by atoms with van der Waals surface area (Å²) in [6.45, 7) is 0.186. The number of benzene rings is 1. The molecular weight excluding hydrogens is 272 g/mol. The largest absolute Gasteiger partial charge is 0.483 e. The van der Waals surface area contributed by atoms with E-state index in [0.717, 1.165) is 6.07 Å². The lowest BCUT2D eigenvalue weighted by Gasteiger charge is -2.10. The van der Waals surface area contributed by atoms with Crippen LogP contribution < -0.4 is 10.1 Å². The second-order valence-corrected chi connectivity index (χ2v) is 3.96. The van der Waals surface area contributed by atoms with Crippen LogP contribution >= 0.6 is 0 Å². The summed E-state index contributed by atoms with van der Waals surface area (Å²) in [4.78, 5) is 31.7. The van der Waals surface area contributed by atoms with Gasteiger partial charge in [-0.15, -0.1) is 0 Å². The number of nitrogens with zero attached hydrogens (tertiary/aromatic N) is 1. The second-order valence-electron chi connectivity index (χ2n) is 3.96. The number of aromatic carboxylic acids is 1. The first-order valence-electron chi connectivity index (χ1n) is 5.56. The summed E-state index contributed by atoms with van der Waals surface area (Å²) in [7, 11) is 0. The summed E-state index contributed by atoms with van der Waals surface area (Å²) in [6, 6.07) is 3.31. The Bertz CT molecular complexity index is 572. The highest BCUT2D eigenvalue weighted by Gasteiger charge is 2.25. The highest BCUT2D eigenvalue weighted by atomic mass is 16.6. The van der Waals surface area contributed by atoms with E-state index in [1.807, 2.05) is 0 Å². The molecule has 20 heavy (non-hydrogen) atoms. The zero-order chi connectivity index (χ0) is 14.7. The minimum absolute atomic E-state index is 0.0635. The lowest BCUT2D eigenvalue weighted by Crippen LogP contribution is -2.22. The molecule has 1 amide bonds. The van der Waals surface area contributed by atoms with Crippen molar-refractivity contribution in [2.75, 3.05) is 13.2 Å². The molecule has 0 bridgehead atoms. The molecule has 2 rings (SSSR count). The standard InChI is InChI=1S/C11H10N2O7/c14-10(15)6-1-2-9(8(3-6)13(17)18)19-5-7-4-12-11(16)20-7/h1-3,7H,4-5H2,(H,12,16)(H,14,15). The van der Waals surface area contributed by atoms with Crippen LogP contribution in [0.1, 0.15) is 10.4 Å². The third-order valence-electron chi connectivity index (χ3n) is 2.58. The second kappa shape index (κ2) is 5.43. The molecule has 0 saturated carbocycles. The highest BCUT2D eigenvalue weighted by Crippen LogP contribution is 2.28. The van der Waals surface area contributed by atoms with E-state index < -0.39 is 28.8 Å². The van der Waals surface area contributed by atoms with Crippen molar-refractivity contribution >= 4 is 17.7 Å². The average Bonchev–Trinajstić information content (AvgIpc) is 2.81. The topological polar surface area (TPSA) is 128 Å². The van der Waals surface area contributed by atoms with Gasteiger partial charge in [0, 0.05) is 6.07 Å². The van der Waals surface area contributed by atoms with Crippen molar-refractivity contribution in [3.8, 4) is 5.75 Å². The molecule has 1 aliphatic heterocycles. The fourth-order valence-corrected chi connectivity index (χ4v) is 1.62. The van der Waals surface area contributed by atoms with Crippen molar-refractivity contribution in [1.82, 2.24) is 5.32 Å². The number of hydrogen-bond acceptors (Lipinski definition) is 6. The summed E-state index contributed by atoms with van der Waals surface area (Å²) in [5.41, 5.74) is -0.666. The van der Waals surface area contributed by atoms with Gasteiger partial charge in [-0.05, 0) is 12.1 Å². The van der Waals surface area contributed by atoms with Gasteiger partial charge in [-0.1, -0.05) is 0 Å². The number of carboxylic acid groups (broad SMARTS) is 1. The zero-order valence-corrected chi connectivity index (χ0v) is 10.1. The van der Waals surface area contributed by atoms with E-state index in [1.165, 1.54) is 12.1 Å². The van der Waals surface area contributed by atoms with Crippen molar-refractivity contribution in [1.29, 1.82) is 0 Å². The van der Waals surface area contributed by atoms with E-state index in [1.54, 1.807) is 0 Å². The van der Waals surface area contributed by atoms with Gasteiger partial charge in [0.15, 0.2) is 11.9 Å². The molecule has 0 aromatic heterocycles. The maximum absolute atomic E-state index is 10.9. The number of nitro benzene ring substituents is 1. The highest BCUT2D eigenvalue weighted by molar-refractivity contribution is 5.88. The van der Waals surface area contributed by atoms with Crippen LogP contribution in [0.15, 0.2) is 18.2 Å². The van der Waals surface area contributed by atoms with E-state index in [9.17, 15) is 19.7 Å². The summed E-state index contributed by atoms with van der Waals surface area (Å²) in [6.07, 6.45) is -1.12. The van der Waals surface area contributed by atoms with E-state index in [-0.39, 0.29) is 24.5 Å². The minimum Gasteiger partial charge on any atom is -0.483 e. The zero-order valence-electron chi connectivity index (χ0n) is 10.1. The van der Waals surface area contributed by atoms with Gasteiger partial charge in [0.1, 0.15) is 6.61 Å². The molecule has 1 fully saturated rings. The first-order valence-corrected chi connectivity index (χ1v) is 5.56. The number of ether oxygens (including phenoxy) is 2. The molecule has 0 spiro atoms. The number of nitrogens with one attached hydrogen (secondary N) is 1. The molecule has 1 aromatic carbocycles. The Kier molecular flexibility index (Phi) is 3.69. The van der Waals surface area contributed by atoms with E-state index in [4.69, 9.17) is 14.6 Å². The Morgan fingerprint density at radius 1 is 1.60 bits per heavy atom. The third kappa shape index (κ3) is 2.94. The molecule has 1 heterocycles. The number of carboxylic acids is 1. The van der Waals surface area contributed by atoms with Crippen molar-refractivity contribution in [3.05, 3.63) is 33.9 Å². The smallest absolute Gasteiger partial charge is 0.407 e. The molecule has 9 nitrogen and oxygen atoms in total. The molecule has 1 saturated heterocycles. The van der Waals surface area contributed by atoms with Gasteiger partial charge in [0.25, 0.3) is 0 Å². The van der Waals surface area contributed by atoms with Crippen LogP contribution in [0, 0.1) is 10.1 Å². The number of amides is 1. The first-order chi connectivity index (χ1) is 9.47. The van der Waals surface area contributed by atoms with Crippen LogP contribution in [0.25, 0.3) is 0 Å². The van der Waals surface area contributed by atoms with Crippen LogP contribution in [0.2, 0.25) is 0 Å². The summed E-state index contributed by atoms with van der Waals surface area (Å²) in [5.74, 6) is -1.35. The predicted molar refractivity (Wildman–Crippen MR) is 63.8 cm³/mol. The van der Waals surface area contributed by atoms with Gasteiger partial charge in [-0.3, -0.25) is 10.1 Å². The van der Waals surface area contributed by atoms with Gasteiger partial charge in [-0.25, -0.2) is 9.59 Å². The SMILES string of the molecule is O=C1NCC(COc2ccc(C(=O)O)cc2[N+](=O)[O-])O1. The fourth-order valence-electron chi connectivity index (χ4n) is 1.62.